The maximum absolute atomic E-state index is 6.24. The van der Waals surface area contributed by atoms with Gasteiger partial charge in [0.05, 0.1) is 5.92 Å². The van der Waals surface area contributed by atoms with Crippen molar-refractivity contribution in [1.29, 1.82) is 0 Å². The molecule has 0 spiro atoms. The van der Waals surface area contributed by atoms with Gasteiger partial charge in [-0.25, -0.2) is 0 Å². The Morgan fingerprint density at radius 3 is 2.95 bits per heavy atom. The lowest BCUT2D eigenvalue weighted by atomic mass is 9.95. The van der Waals surface area contributed by atoms with Crippen LogP contribution in [-0.4, -0.2) is 21.2 Å². The summed E-state index contributed by atoms with van der Waals surface area (Å²) in [7, 11) is 0. The van der Waals surface area contributed by atoms with Crippen LogP contribution in [0.5, 0.6) is 0 Å². The van der Waals surface area contributed by atoms with Gasteiger partial charge in [-0.2, -0.15) is 4.98 Å². The molecule has 0 radical (unpaired) electrons. The van der Waals surface area contributed by atoms with E-state index >= 15 is 0 Å². The minimum Gasteiger partial charge on any atom is -0.339 e. The fourth-order valence-electron chi connectivity index (χ4n) is 2.79. The molecule has 0 aromatic carbocycles. The molecule has 0 bridgehead atoms. The number of hydrogen-bond donors (Lipinski definition) is 1. The molecule has 1 saturated carbocycles. The van der Waals surface area contributed by atoms with E-state index in [0.29, 0.717) is 11.7 Å². The molecule has 0 aliphatic heterocycles. The first-order chi connectivity index (χ1) is 9.74. The van der Waals surface area contributed by atoms with E-state index in [4.69, 9.17) is 10.3 Å². The van der Waals surface area contributed by atoms with Crippen molar-refractivity contribution in [3.8, 4) is 11.5 Å². The number of rotatable bonds is 2. The fourth-order valence-corrected chi connectivity index (χ4v) is 2.79. The second-order valence-electron chi connectivity index (χ2n) is 5.58. The van der Waals surface area contributed by atoms with Gasteiger partial charge in [0, 0.05) is 12.2 Å². The zero-order chi connectivity index (χ0) is 13.9. The minimum absolute atomic E-state index is 0.122. The van der Waals surface area contributed by atoms with Gasteiger partial charge in [0.15, 0.2) is 0 Å². The number of pyridine rings is 1. The highest BCUT2D eigenvalue weighted by Crippen LogP contribution is 2.30. The first-order valence-corrected chi connectivity index (χ1v) is 7.26. The fraction of sp³-hybridized carbons (Fsp3) is 0.533. The van der Waals surface area contributed by atoms with E-state index in [0.717, 1.165) is 24.1 Å². The lowest BCUT2D eigenvalue weighted by Gasteiger charge is -2.16. The molecule has 0 amide bonds. The minimum atomic E-state index is 0.122. The first kappa shape index (κ1) is 13.2. The Morgan fingerprint density at radius 1 is 1.25 bits per heavy atom. The molecule has 2 heterocycles. The molecule has 2 atom stereocenters. The van der Waals surface area contributed by atoms with Crippen LogP contribution >= 0.6 is 0 Å². The number of hydrogen-bond acceptors (Lipinski definition) is 5. The maximum atomic E-state index is 6.24. The van der Waals surface area contributed by atoms with Crippen LogP contribution in [0.2, 0.25) is 0 Å². The summed E-state index contributed by atoms with van der Waals surface area (Å²) in [4.78, 5) is 8.81. The number of nitrogens with two attached hydrogens (primary N) is 1. The van der Waals surface area contributed by atoms with Crippen molar-refractivity contribution < 1.29 is 4.52 Å². The highest BCUT2D eigenvalue weighted by atomic mass is 16.5. The van der Waals surface area contributed by atoms with Crippen molar-refractivity contribution in [3.63, 3.8) is 0 Å². The Bertz CT molecular complexity index is 581. The third kappa shape index (κ3) is 2.72. The van der Waals surface area contributed by atoms with Gasteiger partial charge >= 0.3 is 0 Å². The molecule has 106 valence electrons. The highest BCUT2D eigenvalue weighted by Gasteiger charge is 2.27. The molecule has 1 aliphatic carbocycles. The van der Waals surface area contributed by atoms with E-state index in [-0.39, 0.29) is 12.0 Å². The van der Waals surface area contributed by atoms with Crippen LogP contribution in [0.15, 0.2) is 22.9 Å². The molecular formula is C15H20N4O. The Balaban J connectivity index is 1.86. The number of aromatic nitrogens is 3. The topological polar surface area (TPSA) is 77.8 Å². The third-order valence-corrected chi connectivity index (χ3v) is 3.97. The summed E-state index contributed by atoms with van der Waals surface area (Å²) in [5.41, 5.74) is 8.12. The molecule has 2 aromatic heterocycles. The monoisotopic (exact) mass is 272 g/mol. The van der Waals surface area contributed by atoms with Crippen LogP contribution in [-0.2, 0) is 0 Å². The predicted molar refractivity (Wildman–Crippen MR) is 76.1 cm³/mol. The second kappa shape index (κ2) is 5.71. The van der Waals surface area contributed by atoms with E-state index in [9.17, 15) is 0 Å². The lowest BCUT2D eigenvalue weighted by Crippen LogP contribution is -2.27. The van der Waals surface area contributed by atoms with E-state index in [2.05, 4.69) is 15.1 Å². The summed E-state index contributed by atoms with van der Waals surface area (Å²) in [6.07, 6.45) is 7.44. The van der Waals surface area contributed by atoms with Gasteiger partial charge in [0.2, 0.25) is 11.7 Å². The van der Waals surface area contributed by atoms with Crippen LogP contribution in [0.25, 0.3) is 11.5 Å². The van der Waals surface area contributed by atoms with E-state index in [1.54, 1.807) is 6.20 Å². The van der Waals surface area contributed by atoms with Gasteiger partial charge in [-0.15, -0.1) is 0 Å². The molecule has 20 heavy (non-hydrogen) atoms. The standard InChI is InChI=1S/C15H20N4O/c1-10-7-8-17-13(9-10)14-18-15(20-19-14)11-5-3-2-4-6-12(11)16/h7-9,11-12H,2-6,16H2,1H3. The first-order valence-electron chi connectivity index (χ1n) is 7.26. The van der Waals surface area contributed by atoms with Gasteiger partial charge < -0.3 is 10.3 Å². The SMILES string of the molecule is Cc1ccnc(-c2noc(C3CCCCCC3N)n2)c1. The van der Waals surface area contributed by atoms with Gasteiger partial charge in [-0.05, 0) is 37.5 Å². The van der Waals surface area contributed by atoms with Gasteiger partial charge in [0.1, 0.15) is 5.69 Å². The zero-order valence-electron chi connectivity index (χ0n) is 11.7. The molecule has 1 aliphatic rings. The number of nitrogens with zero attached hydrogens (tertiary/aromatic N) is 3. The quantitative estimate of drug-likeness (QED) is 0.850. The normalized spacial score (nSPS) is 23.5. The zero-order valence-corrected chi connectivity index (χ0v) is 11.7. The molecular weight excluding hydrogens is 252 g/mol. The van der Waals surface area contributed by atoms with Crippen molar-refractivity contribution in [2.75, 3.05) is 0 Å². The van der Waals surface area contributed by atoms with Crippen LogP contribution in [0.4, 0.5) is 0 Å². The number of aryl methyl sites for hydroxylation is 1. The van der Waals surface area contributed by atoms with Gasteiger partial charge in [-0.1, -0.05) is 24.4 Å². The largest absolute Gasteiger partial charge is 0.339 e. The van der Waals surface area contributed by atoms with Gasteiger partial charge in [0.25, 0.3) is 0 Å². The third-order valence-electron chi connectivity index (χ3n) is 3.97. The summed E-state index contributed by atoms with van der Waals surface area (Å²) in [6, 6.07) is 4.03. The van der Waals surface area contributed by atoms with E-state index < -0.39 is 0 Å². The van der Waals surface area contributed by atoms with Crippen molar-refractivity contribution in [2.24, 2.45) is 5.73 Å². The molecule has 0 saturated heterocycles. The Labute approximate surface area is 118 Å². The predicted octanol–water partition coefficient (Wildman–Crippen LogP) is 2.82. The summed E-state index contributed by atoms with van der Waals surface area (Å²) in [5.74, 6) is 1.40. The maximum Gasteiger partial charge on any atom is 0.231 e. The summed E-state index contributed by atoms with van der Waals surface area (Å²) in [6.45, 7) is 2.02. The Hall–Kier alpha value is -1.75. The van der Waals surface area contributed by atoms with Crippen molar-refractivity contribution in [3.05, 3.63) is 29.8 Å². The molecule has 5 heteroatoms. The highest BCUT2D eigenvalue weighted by molar-refractivity contribution is 5.49. The molecule has 2 aromatic rings. The smallest absolute Gasteiger partial charge is 0.231 e. The average molecular weight is 272 g/mol. The summed E-state index contributed by atoms with van der Waals surface area (Å²) < 4.78 is 5.44. The van der Waals surface area contributed by atoms with Crippen molar-refractivity contribution >= 4 is 0 Å². The van der Waals surface area contributed by atoms with E-state index in [1.165, 1.54) is 19.3 Å². The summed E-state index contributed by atoms with van der Waals surface area (Å²) >= 11 is 0. The van der Waals surface area contributed by atoms with E-state index in [1.807, 2.05) is 19.1 Å². The second-order valence-corrected chi connectivity index (χ2v) is 5.58. The molecule has 2 N–H and O–H groups in total. The van der Waals surface area contributed by atoms with Crippen LogP contribution in [0, 0.1) is 6.92 Å². The molecule has 5 nitrogen and oxygen atoms in total. The van der Waals surface area contributed by atoms with Crippen LogP contribution in [0.3, 0.4) is 0 Å². The van der Waals surface area contributed by atoms with Crippen LogP contribution in [0.1, 0.15) is 49.5 Å². The average Bonchev–Trinajstić information content (AvgIpc) is 2.82. The molecule has 3 rings (SSSR count). The molecule has 2 unspecified atom stereocenters. The Morgan fingerprint density at radius 2 is 2.10 bits per heavy atom. The Kier molecular flexibility index (Phi) is 3.78. The summed E-state index contributed by atoms with van der Waals surface area (Å²) in [5, 5.41) is 4.06. The van der Waals surface area contributed by atoms with Crippen molar-refractivity contribution in [2.45, 2.75) is 51.0 Å². The van der Waals surface area contributed by atoms with Crippen LogP contribution < -0.4 is 5.73 Å². The van der Waals surface area contributed by atoms with Gasteiger partial charge in [-0.3, -0.25) is 4.98 Å². The lowest BCUT2D eigenvalue weighted by molar-refractivity contribution is 0.326. The van der Waals surface area contributed by atoms with Crippen molar-refractivity contribution in [1.82, 2.24) is 15.1 Å². The molecule has 1 fully saturated rings.